The van der Waals surface area contributed by atoms with Gasteiger partial charge >= 0.3 is 6.09 Å². The van der Waals surface area contributed by atoms with Crippen LogP contribution in [0.25, 0.3) is 0 Å². The summed E-state index contributed by atoms with van der Waals surface area (Å²) in [6, 6.07) is 8.55. The molecule has 0 radical (unpaired) electrons. The van der Waals surface area contributed by atoms with Gasteiger partial charge in [0.15, 0.2) is 6.17 Å². The third kappa shape index (κ3) is 2.31. The molecule has 2 heterocycles. The van der Waals surface area contributed by atoms with Crippen molar-refractivity contribution in [2.45, 2.75) is 12.6 Å². The molecule has 1 aliphatic rings. The molecular formula is C13H13N5O3. The Morgan fingerprint density at radius 1 is 1.14 bits per heavy atom. The Kier molecular flexibility index (Phi) is 3.27. The van der Waals surface area contributed by atoms with Crippen LogP contribution in [0.5, 0.6) is 0 Å². The van der Waals surface area contributed by atoms with Crippen LogP contribution in [0.3, 0.4) is 0 Å². The van der Waals surface area contributed by atoms with Crippen molar-refractivity contribution < 1.29 is 14.7 Å². The molecule has 0 aliphatic carbocycles. The molecule has 1 fully saturated rings. The third-order valence-electron chi connectivity index (χ3n) is 3.29. The highest BCUT2D eigenvalue weighted by Crippen LogP contribution is 2.28. The van der Waals surface area contributed by atoms with Crippen molar-refractivity contribution in [1.29, 1.82) is 0 Å². The lowest BCUT2D eigenvalue weighted by atomic mass is 10.2. The van der Waals surface area contributed by atoms with Gasteiger partial charge in [0.1, 0.15) is 0 Å². The van der Waals surface area contributed by atoms with Crippen molar-refractivity contribution >= 4 is 12.0 Å². The van der Waals surface area contributed by atoms with E-state index >= 15 is 0 Å². The lowest BCUT2D eigenvalue weighted by Crippen LogP contribution is -2.46. The van der Waals surface area contributed by atoms with E-state index in [1.54, 1.807) is 30.3 Å². The van der Waals surface area contributed by atoms with Gasteiger partial charge in [-0.05, 0) is 12.1 Å². The zero-order chi connectivity index (χ0) is 14.8. The van der Waals surface area contributed by atoms with Crippen LogP contribution in [0.1, 0.15) is 22.9 Å². The van der Waals surface area contributed by atoms with Crippen LogP contribution in [-0.4, -0.2) is 48.7 Å². The quantitative estimate of drug-likeness (QED) is 0.896. The topological polar surface area (TPSA) is 91.6 Å². The molecule has 21 heavy (non-hydrogen) atoms. The van der Waals surface area contributed by atoms with Crippen LogP contribution in [0, 0.1) is 0 Å². The molecular weight excluding hydrogens is 274 g/mol. The number of benzene rings is 1. The lowest BCUT2D eigenvalue weighted by molar-refractivity contribution is -0.00757. The van der Waals surface area contributed by atoms with E-state index in [-0.39, 0.29) is 6.54 Å². The molecule has 1 N–H and O–H groups in total. The van der Waals surface area contributed by atoms with E-state index in [1.165, 1.54) is 22.2 Å². The zero-order valence-electron chi connectivity index (χ0n) is 11.0. The maximum absolute atomic E-state index is 12.6. The Morgan fingerprint density at radius 3 is 2.43 bits per heavy atom. The number of carbonyl (C=O) groups is 2. The number of hydrogen-bond acceptors (Lipinski definition) is 4. The van der Waals surface area contributed by atoms with Gasteiger partial charge in [-0.15, -0.1) is 0 Å². The van der Waals surface area contributed by atoms with Gasteiger partial charge in [0.25, 0.3) is 5.91 Å². The predicted octanol–water partition coefficient (Wildman–Crippen LogP) is 1.22. The highest BCUT2D eigenvalue weighted by atomic mass is 16.4. The van der Waals surface area contributed by atoms with E-state index in [1.807, 2.05) is 0 Å². The van der Waals surface area contributed by atoms with Crippen LogP contribution in [-0.2, 0) is 0 Å². The minimum atomic E-state index is -1.17. The number of hydrazine groups is 1. The zero-order valence-corrected chi connectivity index (χ0v) is 11.0. The Morgan fingerprint density at radius 2 is 1.81 bits per heavy atom. The van der Waals surface area contributed by atoms with Gasteiger partial charge in [0, 0.05) is 12.0 Å². The monoisotopic (exact) mass is 287 g/mol. The van der Waals surface area contributed by atoms with Crippen LogP contribution in [0.4, 0.5) is 4.79 Å². The fourth-order valence-corrected chi connectivity index (χ4v) is 2.37. The third-order valence-corrected chi connectivity index (χ3v) is 3.29. The van der Waals surface area contributed by atoms with E-state index in [2.05, 4.69) is 10.2 Å². The molecule has 8 nitrogen and oxygen atoms in total. The Bertz CT molecular complexity index is 643. The van der Waals surface area contributed by atoms with Gasteiger partial charge in [0.2, 0.25) is 0 Å². The molecule has 1 saturated heterocycles. The first-order chi connectivity index (χ1) is 10.2. The van der Waals surface area contributed by atoms with Crippen LogP contribution >= 0.6 is 0 Å². The van der Waals surface area contributed by atoms with Crippen molar-refractivity contribution in [3.8, 4) is 0 Å². The average Bonchev–Trinajstić information content (AvgIpc) is 3.16. The maximum Gasteiger partial charge on any atom is 0.426 e. The number of amides is 2. The second-order valence-corrected chi connectivity index (χ2v) is 4.54. The molecule has 1 unspecified atom stereocenters. The van der Waals surface area contributed by atoms with Crippen molar-refractivity contribution in [2.24, 2.45) is 0 Å². The van der Waals surface area contributed by atoms with E-state index in [0.717, 1.165) is 5.01 Å². The second kappa shape index (κ2) is 5.23. The number of aromatic nitrogens is 3. The summed E-state index contributed by atoms with van der Waals surface area (Å²) in [6.07, 6.45) is 1.72. The first-order valence-electron chi connectivity index (χ1n) is 6.43. The minimum absolute atomic E-state index is 0.222. The molecule has 3 rings (SSSR count). The van der Waals surface area contributed by atoms with Crippen molar-refractivity contribution in [1.82, 2.24) is 25.0 Å². The summed E-state index contributed by atoms with van der Waals surface area (Å²) >= 11 is 0. The molecule has 0 saturated carbocycles. The molecule has 2 amide bonds. The van der Waals surface area contributed by atoms with E-state index < -0.39 is 18.2 Å². The second-order valence-electron chi connectivity index (χ2n) is 4.54. The Hall–Kier alpha value is -2.90. The minimum Gasteiger partial charge on any atom is -0.464 e. The summed E-state index contributed by atoms with van der Waals surface area (Å²) in [6.45, 7) is 0.222. The molecule has 0 bridgehead atoms. The largest absolute Gasteiger partial charge is 0.464 e. The molecule has 108 valence electrons. The first kappa shape index (κ1) is 13.1. The molecule has 1 atom stereocenters. The smallest absolute Gasteiger partial charge is 0.426 e. The van der Waals surface area contributed by atoms with Crippen LogP contribution in [0.15, 0.2) is 42.7 Å². The maximum atomic E-state index is 12.6. The number of rotatable bonds is 2. The van der Waals surface area contributed by atoms with Gasteiger partial charge in [-0.3, -0.25) is 4.79 Å². The summed E-state index contributed by atoms with van der Waals surface area (Å²) in [5.74, 6) is -0.391. The average molecular weight is 287 g/mol. The summed E-state index contributed by atoms with van der Waals surface area (Å²) in [5, 5.41) is 19.5. The summed E-state index contributed by atoms with van der Waals surface area (Å²) < 4.78 is 0. The molecule has 1 aromatic carbocycles. The Balaban J connectivity index is 1.96. The summed E-state index contributed by atoms with van der Waals surface area (Å²) in [4.78, 5) is 25.3. The van der Waals surface area contributed by atoms with Gasteiger partial charge in [-0.25, -0.2) is 14.8 Å². The highest BCUT2D eigenvalue weighted by molar-refractivity contribution is 5.95. The van der Waals surface area contributed by atoms with Crippen molar-refractivity contribution in [3.05, 3.63) is 48.3 Å². The summed E-state index contributed by atoms with van der Waals surface area (Å²) in [5.41, 5.74) is 0.419. The number of carbonyl (C=O) groups excluding carboxylic acids is 1. The summed E-state index contributed by atoms with van der Waals surface area (Å²) in [7, 11) is 0. The highest BCUT2D eigenvalue weighted by Gasteiger charge is 2.40. The lowest BCUT2D eigenvalue weighted by Gasteiger charge is -2.29. The first-order valence-corrected chi connectivity index (χ1v) is 6.43. The van der Waals surface area contributed by atoms with Crippen molar-refractivity contribution in [2.75, 3.05) is 6.54 Å². The molecule has 8 heteroatoms. The predicted molar refractivity (Wildman–Crippen MR) is 71.0 cm³/mol. The molecule has 1 aliphatic heterocycles. The van der Waals surface area contributed by atoms with Gasteiger partial charge < -0.3 is 5.11 Å². The molecule has 0 spiro atoms. The Labute approximate surface area is 120 Å². The van der Waals surface area contributed by atoms with E-state index in [9.17, 15) is 14.7 Å². The van der Waals surface area contributed by atoms with Crippen LogP contribution in [0.2, 0.25) is 0 Å². The van der Waals surface area contributed by atoms with Crippen molar-refractivity contribution in [3.63, 3.8) is 0 Å². The number of nitrogens with zero attached hydrogens (tertiary/aromatic N) is 5. The van der Waals surface area contributed by atoms with Gasteiger partial charge in [-0.2, -0.15) is 15.0 Å². The normalized spacial score (nSPS) is 18.0. The van der Waals surface area contributed by atoms with Gasteiger partial charge in [-0.1, -0.05) is 18.2 Å². The number of hydrogen-bond donors (Lipinski definition) is 1. The standard InChI is InChI=1S/C13H13N5O3/c19-12(10-4-2-1-3-5-10)17-11(18-14-7-8-15-18)6-9-16(17)13(20)21/h1-5,7-8,11H,6,9H2,(H,20,21). The SMILES string of the molecule is O=C(O)N1CCC(n2nccn2)N1C(=O)c1ccccc1. The van der Waals surface area contributed by atoms with E-state index in [4.69, 9.17) is 0 Å². The molecule has 1 aromatic heterocycles. The van der Waals surface area contributed by atoms with E-state index in [0.29, 0.717) is 12.0 Å². The fraction of sp³-hybridized carbons (Fsp3) is 0.231. The fourth-order valence-electron chi connectivity index (χ4n) is 2.37. The van der Waals surface area contributed by atoms with Crippen LogP contribution < -0.4 is 0 Å². The number of carboxylic acid groups (broad SMARTS) is 1. The van der Waals surface area contributed by atoms with Gasteiger partial charge in [0.05, 0.1) is 18.9 Å². The molecule has 2 aromatic rings.